The first-order valence-electron chi connectivity index (χ1n) is 12.1. The Morgan fingerprint density at radius 1 is 1.02 bits per heavy atom. The number of carbonyl (C=O) groups is 2. The van der Waals surface area contributed by atoms with Crippen LogP contribution in [0.1, 0.15) is 22.7 Å². The van der Waals surface area contributed by atoms with Gasteiger partial charge in [-0.25, -0.2) is 0 Å². The molecule has 0 spiro atoms. The van der Waals surface area contributed by atoms with Crippen LogP contribution in [-0.4, -0.2) is 40.2 Å². The highest BCUT2D eigenvalue weighted by atomic mass is 79.9. The number of anilines is 1. The maximum absolute atomic E-state index is 13.5. The number of carbonyl (C=O) groups excluding carboxylic acids is 2. The summed E-state index contributed by atoms with van der Waals surface area (Å²) in [5.41, 5.74) is 1.98. The van der Waals surface area contributed by atoms with Crippen LogP contribution in [0, 0.1) is 0 Å². The number of Topliss-reactive ketones (excluding diaryl/α,β-unsaturated/α-hetero) is 1. The van der Waals surface area contributed by atoms with Gasteiger partial charge in [-0.2, -0.15) is 0 Å². The molecule has 1 saturated heterocycles. The number of thioether (sulfide) groups is 1. The normalized spacial score (nSPS) is 17.9. The number of aliphatic hydroxyl groups is 1. The van der Waals surface area contributed by atoms with E-state index in [0.29, 0.717) is 51.0 Å². The third kappa shape index (κ3) is 5.22. The van der Waals surface area contributed by atoms with E-state index in [0.717, 1.165) is 10.0 Å². The summed E-state index contributed by atoms with van der Waals surface area (Å²) in [5, 5.41) is 20.9. The van der Waals surface area contributed by atoms with Gasteiger partial charge in [0, 0.05) is 20.8 Å². The van der Waals surface area contributed by atoms with Gasteiger partial charge in [0.15, 0.2) is 15.8 Å². The van der Waals surface area contributed by atoms with E-state index in [1.54, 1.807) is 30.3 Å². The van der Waals surface area contributed by atoms with E-state index in [1.165, 1.54) is 28.0 Å². The Bertz CT molecular complexity index is 1640. The number of hydrogen-bond donors (Lipinski definition) is 1. The summed E-state index contributed by atoms with van der Waals surface area (Å²) in [6, 6.07) is 18.7. The van der Waals surface area contributed by atoms with E-state index in [1.807, 2.05) is 36.4 Å². The maximum atomic E-state index is 13.5. The van der Waals surface area contributed by atoms with Crippen LogP contribution < -0.4 is 14.4 Å². The molecule has 4 aromatic rings. The summed E-state index contributed by atoms with van der Waals surface area (Å²) in [6.45, 7) is 0.796. The Morgan fingerprint density at radius 2 is 1.75 bits per heavy atom. The van der Waals surface area contributed by atoms with Crippen molar-refractivity contribution >= 4 is 73.2 Å². The van der Waals surface area contributed by atoms with Gasteiger partial charge in [-0.1, -0.05) is 74.9 Å². The Hall–Kier alpha value is -3.38. The van der Waals surface area contributed by atoms with Crippen molar-refractivity contribution in [1.82, 2.24) is 10.2 Å². The van der Waals surface area contributed by atoms with Gasteiger partial charge in [-0.15, -0.1) is 10.2 Å². The van der Waals surface area contributed by atoms with E-state index in [-0.39, 0.29) is 16.5 Å². The van der Waals surface area contributed by atoms with Crippen LogP contribution in [0.4, 0.5) is 5.13 Å². The molecule has 1 N–H and O–H groups in total. The van der Waals surface area contributed by atoms with Crippen LogP contribution in [0.5, 0.6) is 11.5 Å². The molecule has 0 aliphatic carbocycles. The summed E-state index contributed by atoms with van der Waals surface area (Å²) in [4.78, 5) is 28.2. The summed E-state index contributed by atoms with van der Waals surface area (Å²) < 4.78 is 12.7. The van der Waals surface area contributed by atoms with E-state index >= 15 is 0 Å². The third-order valence-electron chi connectivity index (χ3n) is 6.32. The second-order valence-corrected chi connectivity index (χ2v) is 12.4. The van der Waals surface area contributed by atoms with Crippen molar-refractivity contribution in [2.24, 2.45) is 0 Å². The first-order valence-corrected chi connectivity index (χ1v) is 15.0. The van der Waals surface area contributed by atoms with Gasteiger partial charge in [0.2, 0.25) is 5.13 Å². The molecular formula is C28H19BrClN3O5S2. The Kier molecular flexibility index (Phi) is 7.54. The number of rotatable bonds is 6. The van der Waals surface area contributed by atoms with Gasteiger partial charge in [0.05, 0.1) is 11.6 Å². The molecule has 0 saturated carbocycles. The van der Waals surface area contributed by atoms with Crippen molar-refractivity contribution in [2.75, 3.05) is 18.1 Å². The molecule has 6 rings (SSSR count). The highest BCUT2D eigenvalue weighted by molar-refractivity contribution is 9.10. The quantitative estimate of drug-likeness (QED) is 0.0810. The van der Waals surface area contributed by atoms with Crippen LogP contribution in [0.3, 0.4) is 0 Å². The van der Waals surface area contributed by atoms with Gasteiger partial charge in [-0.3, -0.25) is 14.5 Å². The number of hydrogen-bond acceptors (Lipinski definition) is 9. The molecule has 1 atom stereocenters. The van der Waals surface area contributed by atoms with Crippen molar-refractivity contribution in [1.29, 1.82) is 0 Å². The Balaban J connectivity index is 1.38. The maximum Gasteiger partial charge on any atom is 0.301 e. The molecule has 40 heavy (non-hydrogen) atoms. The molecular weight excluding hydrogens is 638 g/mol. The summed E-state index contributed by atoms with van der Waals surface area (Å²) in [5.74, 6) is -0.289. The van der Waals surface area contributed by atoms with E-state index < -0.39 is 17.7 Å². The molecule has 8 nitrogen and oxygen atoms in total. The zero-order valence-electron chi connectivity index (χ0n) is 20.5. The van der Waals surface area contributed by atoms with Crippen LogP contribution in [0.2, 0.25) is 5.02 Å². The monoisotopic (exact) mass is 655 g/mol. The van der Waals surface area contributed by atoms with Crippen molar-refractivity contribution in [3.63, 3.8) is 0 Å². The minimum absolute atomic E-state index is 0.0467. The molecule has 0 radical (unpaired) electrons. The highest BCUT2D eigenvalue weighted by Crippen LogP contribution is 2.45. The first kappa shape index (κ1) is 26.8. The number of aromatic nitrogens is 2. The number of halogens is 2. The number of amides is 1. The highest BCUT2D eigenvalue weighted by Gasteiger charge is 2.48. The lowest BCUT2D eigenvalue weighted by Gasteiger charge is -2.23. The zero-order chi connectivity index (χ0) is 27.8. The van der Waals surface area contributed by atoms with Crippen molar-refractivity contribution in [3.8, 4) is 11.5 Å². The van der Waals surface area contributed by atoms with Crippen LogP contribution >= 0.6 is 50.6 Å². The topological polar surface area (TPSA) is 102 Å². The standard InChI is InChI=1S/C28H19BrClN3O5S2/c29-18-6-3-16(4-7-18)23-22(24(34)17-5-10-20-21(13-17)38-12-11-37-20)25(35)26(36)33(23)27-31-32-28(40-27)39-14-15-1-8-19(30)9-2-15/h1-10,13,23,34H,11-12,14H2/b24-22+. The lowest BCUT2D eigenvalue weighted by atomic mass is 9.95. The zero-order valence-corrected chi connectivity index (χ0v) is 24.5. The van der Waals surface area contributed by atoms with Crippen molar-refractivity contribution in [3.05, 3.63) is 98.5 Å². The van der Waals surface area contributed by atoms with E-state index in [9.17, 15) is 14.7 Å². The molecule has 1 fully saturated rings. The predicted molar refractivity (Wildman–Crippen MR) is 157 cm³/mol. The molecule has 3 aromatic carbocycles. The van der Waals surface area contributed by atoms with Gasteiger partial charge in [-0.05, 0) is 53.6 Å². The number of benzene rings is 3. The molecule has 1 unspecified atom stereocenters. The fourth-order valence-corrected chi connectivity index (χ4v) is 6.63. The smallest absolute Gasteiger partial charge is 0.301 e. The van der Waals surface area contributed by atoms with E-state index in [2.05, 4.69) is 26.1 Å². The molecule has 2 aliphatic heterocycles. The van der Waals surface area contributed by atoms with Crippen molar-refractivity contribution < 1.29 is 24.2 Å². The van der Waals surface area contributed by atoms with Gasteiger partial charge < -0.3 is 14.6 Å². The third-order valence-corrected chi connectivity index (χ3v) is 9.23. The second-order valence-electron chi connectivity index (χ2n) is 8.84. The van der Waals surface area contributed by atoms with Crippen molar-refractivity contribution in [2.45, 2.75) is 16.1 Å². The van der Waals surface area contributed by atoms with E-state index in [4.69, 9.17) is 21.1 Å². The molecule has 202 valence electrons. The van der Waals surface area contributed by atoms with Crippen LogP contribution in [0.25, 0.3) is 5.76 Å². The molecule has 1 amide bonds. The molecule has 12 heteroatoms. The predicted octanol–water partition coefficient (Wildman–Crippen LogP) is 6.64. The fourth-order valence-electron chi connectivity index (χ4n) is 4.42. The largest absolute Gasteiger partial charge is 0.507 e. The molecule has 2 aliphatic rings. The number of nitrogens with zero attached hydrogens (tertiary/aromatic N) is 3. The van der Waals surface area contributed by atoms with Gasteiger partial charge in [0.25, 0.3) is 5.78 Å². The fraction of sp³-hybridized carbons (Fsp3) is 0.143. The number of aliphatic hydroxyl groups excluding tert-OH is 1. The Morgan fingerprint density at radius 3 is 2.50 bits per heavy atom. The minimum atomic E-state index is -0.914. The molecule has 0 bridgehead atoms. The van der Waals surface area contributed by atoms with Gasteiger partial charge >= 0.3 is 5.91 Å². The van der Waals surface area contributed by atoms with Crippen LogP contribution in [-0.2, 0) is 15.3 Å². The lowest BCUT2D eigenvalue weighted by molar-refractivity contribution is -0.132. The first-order chi connectivity index (χ1) is 19.4. The summed E-state index contributed by atoms with van der Waals surface area (Å²) in [6.07, 6.45) is 0. The molecule has 1 aromatic heterocycles. The number of fused-ring (bicyclic) bond motifs is 1. The summed E-state index contributed by atoms with van der Waals surface area (Å²) in [7, 11) is 0. The second kappa shape index (κ2) is 11.2. The van der Waals surface area contributed by atoms with Gasteiger partial charge in [0.1, 0.15) is 19.0 Å². The molecule has 3 heterocycles. The average Bonchev–Trinajstić information content (AvgIpc) is 3.54. The lowest BCUT2D eigenvalue weighted by Crippen LogP contribution is -2.29. The average molecular weight is 657 g/mol. The Labute approximate surface area is 250 Å². The summed E-state index contributed by atoms with van der Waals surface area (Å²) >= 11 is 12.1. The SMILES string of the molecule is O=C1C(=O)N(c2nnc(SCc3ccc(Cl)cc3)s2)C(c2ccc(Br)cc2)/C1=C(\O)c1ccc2c(c1)OCCO2. The minimum Gasteiger partial charge on any atom is -0.507 e. The van der Waals surface area contributed by atoms with Crippen LogP contribution in [0.15, 0.2) is 81.1 Å². The number of ketones is 1. The number of ether oxygens (including phenoxy) is 2.